The van der Waals surface area contributed by atoms with E-state index in [1.165, 1.54) is 63.5 Å². The molecule has 0 spiro atoms. The fourth-order valence-corrected chi connectivity index (χ4v) is 3.92. The van der Waals surface area contributed by atoms with E-state index in [-0.39, 0.29) is 0 Å². The molecule has 0 aromatic carbocycles. The van der Waals surface area contributed by atoms with Crippen molar-refractivity contribution in [3.63, 3.8) is 0 Å². The lowest BCUT2D eigenvalue weighted by Gasteiger charge is -2.20. The fraction of sp³-hybridized carbons (Fsp3) is 0.750. The van der Waals surface area contributed by atoms with E-state index in [9.17, 15) is 0 Å². The van der Waals surface area contributed by atoms with Crippen LogP contribution in [0.3, 0.4) is 0 Å². The summed E-state index contributed by atoms with van der Waals surface area (Å²) in [4.78, 5) is 1.54. The number of aryl methyl sites for hydroxylation is 1. The van der Waals surface area contributed by atoms with Gasteiger partial charge in [-0.3, -0.25) is 0 Å². The second-order valence-corrected chi connectivity index (χ2v) is 6.57. The Labute approximate surface area is 116 Å². The Morgan fingerprint density at radius 1 is 1.17 bits per heavy atom. The molecule has 0 aliphatic heterocycles. The minimum atomic E-state index is 0.926. The zero-order chi connectivity index (χ0) is 12.6. The third-order valence-corrected chi connectivity index (χ3v) is 5.13. The number of hydrogen-bond donors (Lipinski definition) is 1. The van der Waals surface area contributed by atoms with Gasteiger partial charge in [0.05, 0.1) is 0 Å². The van der Waals surface area contributed by atoms with Gasteiger partial charge in [-0.1, -0.05) is 39.0 Å². The first kappa shape index (κ1) is 14.1. The molecule has 2 rings (SSSR count). The number of thiophene rings is 1. The molecule has 18 heavy (non-hydrogen) atoms. The molecule has 1 saturated carbocycles. The Morgan fingerprint density at radius 2 is 1.89 bits per heavy atom. The topological polar surface area (TPSA) is 12.0 Å². The van der Waals surface area contributed by atoms with Crippen molar-refractivity contribution in [2.45, 2.75) is 64.8 Å². The van der Waals surface area contributed by atoms with Crippen molar-refractivity contribution in [1.82, 2.24) is 5.32 Å². The van der Waals surface area contributed by atoms with Gasteiger partial charge in [-0.2, -0.15) is 0 Å². The number of rotatable bonds is 5. The van der Waals surface area contributed by atoms with Crippen LogP contribution in [0.15, 0.2) is 11.4 Å². The van der Waals surface area contributed by atoms with Crippen LogP contribution in [0.1, 0.15) is 62.3 Å². The summed E-state index contributed by atoms with van der Waals surface area (Å²) >= 11 is 1.91. The highest BCUT2D eigenvalue weighted by molar-refractivity contribution is 7.10. The van der Waals surface area contributed by atoms with Gasteiger partial charge in [0.25, 0.3) is 0 Å². The van der Waals surface area contributed by atoms with Gasteiger partial charge in [0.15, 0.2) is 0 Å². The molecule has 1 aromatic heterocycles. The Balaban J connectivity index is 1.70. The van der Waals surface area contributed by atoms with Crippen LogP contribution in [-0.4, -0.2) is 6.54 Å². The molecule has 1 aliphatic carbocycles. The van der Waals surface area contributed by atoms with Gasteiger partial charge in [-0.05, 0) is 48.7 Å². The lowest BCUT2D eigenvalue weighted by molar-refractivity contribution is 0.361. The monoisotopic (exact) mass is 265 g/mol. The molecule has 0 amide bonds. The third-order valence-electron chi connectivity index (χ3n) is 4.16. The maximum absolute atomic E-state index is 3.69. The van der Waals surface area contributed by atoms with E-state index >= 15 is 0 Å². The summed E-state index contributed by atoms with van der Waals surface area (Å²) in [5, 5.41) is 5.92. The van der Waals surface area contributed by atoms with Gasteiger partial charge in [-0.25, -0.2) is 0 Å². The van der Waals surface area contributed by atoms with Crippen LogP contribution in [0, 0.1) is 5.92 Å². The second-order valence-electron chi connectivity index (χ2n) is 5.56. The molecule has 1 N–H and O–H groups in total. The minimum Gasteiger partial charge on any atom is -0.312 e. The predicted octanol–water partition coefficient (Wildman–Crippen LogP) is 4.76. The fourth-order valence-electron chi connectivity index (χ4n) is 2.97. The van der Waals surface area contributed by atoms with E-state index in [1.807, 2.05) is 11.3 Å². The summed E-state index contributed by atoms with van der Waals surface area (Å²) in [5.74, 6) is 0.926. The standard InChI is InChI=1S/C16H27NS/c1-2-15-10-11-18-16(15)13-17-12-14-8-6-4-3-5-7-9-14/h10-11,14,17H,2-9,12-13H2,1H3. The summed E-state index contributed by atoms with van der Waals surface area (Å²) < 4.78 is 0. The first-order valence-corrected chi connectivity index (χ1v) is 8.54. The molecule has 1 aliphatic rings. The van der Waals surface area contributed by atoms with E-state index in [0.29, 0.717) is 0 Å². The van der Waals surface area contributed by atoms with Crippen LogP contribution >= 0.6 is 11.3 Å². The normalized spacial score (nSPS) is 18.5. The zero-order valence-electron chi connectivity index (χ0n) is 11.7. The molecule has 0 saturated heterocycles. The third kappa shape index (κ3) is 4.40. The lowest BCUT2D eigenvalue weighted by Crippen LogP contribution is -2.23. The molecule has 1 aromatic rings. The van der Waals surface area contributed by atoms with Crippen LogP contribution in [0.25, 0.3) is 0 Å². The lowest BCUT2D eigenvalue weighted by atomic mass is 9.91. The number of nitrogens with one attached hydrogen (secondary N) is 1. The molecule has 0 atom stereocenters. The Morgan fingerprint density at radius 3 is 2.61 bits per heavy atom. The first-order chi connectivity index (χ1) is 8.90. The summed E-state index contributed by atoms with van der Waals surface area (Å²) in [6.45, 7) is 4.55. The van der Waals surface area contributed by atoms with Gasteiger partial charge in [0, 0.05) is 11.4 Å². The zero-order valence-corrected chi connectivity index (χ0v) is 12.5. The van der Waals surface area contributed by atoms with Crippen molar-refractivity contribution in [1.29, 1.82) is 0 Å². The van der Waals surface area contributed by atoms with E-state index in [0.717, 1.165) is 12.5 Å². The van der Waals surface area contributed by atoms with E-state index in [2.05, 4.69) is 23.7 Å². The van der Waals surface area contributed by atoms with Crippen LogP contribution in [0.2, 0.25) is 0 Å². The summed E-state index contributed by atoms with van der Waals surface area (Å²) in [6, 6.07) is 2.28. The van der Waals surface area contributed by atoms with Gasteiger partial charge in [0.1, 0.15) is 0 Å². The van der Waals surface area contributed by atoms with Crippen molar-refractivity contribution >= 4 is 11.3 Å². The molecule has 0 radical (unpaired) electrons. The first-order valence-electron chi connectivity index (χ1n) is 7.66. The maximum atomic E-state index is 3.69. The largest absolute Gasteiger partial charge is 0.312 e. The molecule has 0 unspecified atom stereocenters. The second kappa shape index (κ2) is 7.96. The summed E-state index contributed by atoms with van der Waals surface area (Å²) in [5.41, 5.74) is 1.53. The van der Waals surface area contributed by atoms with Gasteiger partial charge >= 0.3 is 0 Å². The van der Waals surface area contributed by atoms with E-state index < -0.39 is 0 Å². The summed E-state index contributed by atoms with van der Waals surface area (Å²) in [7, 11) is 0. The highest BCUT2D eigenvalue weighted by Gasteiger charge is 2.11. The molecule has 1 nitrogen and oxygen atoms in total. The average Bonchev–Trinajstić information content (AvgIpc) is 2.79. The molecule has 102 valence electrons. The van der Waals surface area contributed by atoms with Crippen molar-refractivity contribution in [2.75, 3.05) is 6.54 Å². The van der Waals surface area contributed by atoms with Crippen LogP contribution in [0.4, 0.5) is 0 Å². The quantitative estimate of drug-likeness (QED) is 0.809. The van der Waals surface area contributed by atoms with Gasteiger partial charge in [-0.15, -0.1) is 11.3 Å². The van der Waals surface area contributed by atoms with Crippen molar-refractivity contribution in [3.8, 4) is 0 Å². The van der Waals surface area contributed by atoms with Crippen LogP contribution < -0.4 is 5.32 Å². The highest BCUT2D eigenvalue weighted by atomic mass is 32.1. The van der Waals surface area contributed by atoms with Crippen LogP contribution in [0.5, 0.6) is 0 Å². The Hall–Kier alpha value is -0.340. The molecule has 1 heterocycles. The van der Waals surface area contributed by atoms with E-state index in [4.69, 9.17) is 0 Å². The molecule has 2 heteroatoms. The van der Waals surface area contributed by atoms with Crippen molar-refractivity contribution in [3.05, 3.63) is 21.9 Å². The average molecular weight is 265 g/mol. The minimum absolute atomic E-state index is 0.926. The molecule has 0 bridgehead atoms. The summed E-state index contributed by atoms with van der Waals surface area (Å²) in [6.07, 6.45) is 11.3. The Kier molecular flexibility index (Phi) is 6.22. The SMILES string of the molecule is CCc1ccsc1CNCC1CCCCCCC1. The number of hydrogen-bond acceptors (Lipinski definition) is 2. The molecular weight excluding hydrogens is 238 g/mol. The molecular formula is C16H27NS. The smallest absolute Gasteiger partial charge is 0.0302 e. The van der Waals surface area contributed by atoms with Gasteiger partial charge < -0.3 is 5.32 Å². The predicted molar refractivity (Wildman–Crippen MR) is 81.2 cm³/mol. The maximum Gasteiger partial charge on any atom is 0.0302 e. The highest BCUT2D eigenvalue weighted by Crippen LogP contribution is 2.22. The van der Waals surface area contributed by atoms with Gasteiger partial charge in [0.2, 0.25) is 0 Å². The van der Waals surface area contributed by atoms with Crippen molar-refractivity contribution in [2.24, 2.45) is 5.92 Å². The Bertz CT molecular complexity index is 324. The molecule has 1 fully saturated rings. The van der Waals surface area contributed by atoms with Crippen LogP contribution in [-0.2, 0) is 13.0 Å². The van der Waals surface area contributed by atoms with E-state index in [1.54, 1.807) is 4.88 Å². The van der Waals surface area contributed by atoms with Crippen molar-refractivity contribution < 1.29 is 0 Å².